The van der Waals surface area contributed by atoms with Gasteiger partial charge in [0.25, 0.3) is 0 Å². The molecule has 0 radical (unpaired) electrons. The summed E-state index contributed by atoms with van der Waals surface area (Å²) in [5, 5.41) is 10.5. The molecular formula is C30H33N7O4. The second-order valence-electron chi connectivity index (χ2n) is 10.5. The third kappa shape index (κ3) is 7.91. The van der Waals surface area contributed by atoms with Crippen LogP contribution in [0, 0.1) is 0 Å². The number of pyridine rings is 1. The van der Waals surface area contributed by atoms with E-state index in [2.05, 4.69) is 15.6 Å². The molecule has 2 aromatic heterocycles. The van der Waals surface area contributed by atoms with E-state index in [1.807, 2.05) is 51.1 Å². The maximum Gasteiger partial charge on any atom is 0.324 e. The number of carbonyl (C=O) groups excluding carboxylic acids is 3. The number of nitrogens with one attached hydrogen (secondary N) is 2. The van der Waals surface area contributed by atoms with Gasteiger partial charge >= 0.3 is 6.03 Å². The van der Waals surface area contributed by atoms with Crippen LogP contribution in [0.5, 0.6) is 11.5 Å². The van der Waals surface area contributed by atoms with Crippen LogP contribution in [-0.4, -0.2) is 44.1 Å². The van der Waals surface area contributed by atoms with Gasteiger partial charge < -0.3 is 20.7 Å². The Bertz CT molecular complexity index is 1510. The largest absolute Gasteiger partial charge is 0.457 e. The second kappa shape index (κ2) is 12.3. The molecule has 4 N–H and O–H groups in total. The lowest BCUT2D eigenvalue weighted by Gasteiger charge is -2.19. The molecule has 2 heterocycles. The highest BCUT2D eigenvalue weighted by Gasteiger charge is 2.22. The molecular weight excluding hydrogens is 522 g/mol. The number of nitrogens with zero attached hydrogens (tertiary/aromatic N) is 4. The van der Waals surface area contributed by atoms with E-state index in [-0.39, 0.29) is 24.4 Å². The Labute approximate surface area is 238 Å². The Morgan fingerprint density at radius 1 is 0.927 bits per heavy atom. The molecule has 0 atom stereocenters. The minimum Gasteiger partial charge on any atom is -0.457 e. The van der Waals surface area contributed by atoms with Crippen molar-refractivity contribution in [3.63, 3.8) is 0 Å². The van der Waals surface area contributed by atoms with Gasteiger partial charge in [-0.05, 0) is 54.1 Å². The van der Waals surface area contributed by atoms with Crippen LogP contribution in [-0.2, 0) is 21.5 Å². The van der Waals surface area contributed by atoms with Gasteiger partial charge in [-0.3, -0.25) is 19.9 Å². The standard InChI is InChI=1S/C30H33N7O4/c1-20(38)36(19-27(31)39)18-21-5-9-23(10-6-21)37-28(17-26(35-37)30(2,3)4)34-29(40)33-22-7-11-24(12-8-22)41-25-13-15-32-16-14-25/h5-17H,18-19H2,1-4H3,(H2,31,39)(H2,33,34,40). The molecule has 0 aliphatic carbocycles. The summed E-state index contributed by atoms with van der Waals surface area (Å²) in [6, 6.07) is 19.3. The number of nitrogens with two attached hydrogens (primary N) is 1. The van der Waals surface area contributed by atoms with E-state index in [0.29, 0.717) is 28.7 Å². The molecule has 0 fully saturated rings. The molecule has 0 bridgehead atoms. The van der Waals surface area contributed by atoms with Crippen molar-refractivity contribution in [2.75, 3.05) is 17.2 Å². The van der Waals surface area contributed by atoms with Crippen molar-refractivity contribution in [2.45, 2.75) is 39.7 Å². The van der Waals surface area contributed by atoms with Crippen molar-refractivity contribution in [3.8, 4) is 17.2 Å². The van der Waals surface area contributed by atoms with Crippen molar-refractivity contribution < 1.29 is 19.1 Å². The molecule has 11 heteroatoms. The summed E-state index contributed by atoms with van der Waals surface area (Å²) in [4.78, 5) is 41.5. The fraction of sp³-hybridized carbons (Fsp3) is 0.233. The van der Waals surface area contributed by atoms with E-state index >= 15 is 0 Å². The van der Waals surface area contributed by atoms with Crippen molar-refractivity contribution in [1.29, 1.82) is 0 Å². The third-order valence-corrected chi connectivity index (χ3v) is 6.06. The van der Waals surface area contributed by atoms with Crippen LogP contribution in [0.15, 0.2) is 79.1 Å². The summed E-state index contributed by atoms with van der Waals surface area (Å²) in [5.74, 6) is 0.946. The van der Waals surface area contributed by atoms with E-state index in [0.717, 1.165) is 11.3 Å². The highest BCUT2D eigenvalue weighted by molar-refractivity contribution is 5.99. The fourth-order valence-corrected chi connectivity index (χ4v) is 3.89. The average molecular weight is 556 g/mol. The summed E-state index contributed by atoms with van der Waals surface area (Å²) >= 11 is 0. The number of anilines is 2. The van der Waals surface area contributed by atoms with Gasteiger partial charge in [0, 0.05) is 43.0 Å². The Hall–Kier alpha value is -5.19. The molecule has 0 aliphatic heterocycles. The Morgan fingerprint density at radius 2 is 1.56 bits per heavy atom. The molecule has 0 saturated heterocycles. The van der Waals surface area contributed by atoms with Gasteiger partial charge in [0.05, 0.1) is 17.9 Å². The molecule has 11 nitrogen and oxygen atoms in total. The van der Waals surface area contributed by atoms with E-state index in [4.69, 9.17) is 15.6 Å². The van der Waals surface area contributed by atoms with E-state index < -0.39 is 11.9 Å². The summed E-state index contributed by atoms with van der Waals surface area (Å²) in [7, 11) is 0. The van der Waals surface area contributed by atoms with Crippen molar-refractivity contribution in [2.24, 2.45) is 5.73 Å². The van der Waals surface area contributed by atoms with Gasteiger partial charge in [0.15, 0.2) is 0 Å². The third-order valence-electron chi connectivity index (χ3n) is 6.06. The number of hydrogen-bond acceptors (Lipinski definition) is 6. The first-order valence-corrected chi connectivity index (χ1v) is 13.0. The smallest absolute Gasteiger partial charge is 0.324 e. The van der Waals surface area contributed by atoms with Crippen LogP contribution in [0.25, 0.3) is 5.69 Å². The number of benzene rings is 2. The van der Waals surface area contributed by atoms with Crippen LogP contribution in [0.4, 0.5) is 16.3 Å². The number of hydrogen-bond donors (Lipinski definition) is 3. The summed E-state index contributed by atoms with van der Waals surface area (Å²) in [6.45, 7) is 7.59. The number of amides is 4. The molecule has 0 aliphatic rings. The minimum absolute atomic E-state index is 0.158. The van der Waals surface area contributed by atoms with Crippen molar-refractivity contribution >= 4 is 29.4 Å². The Balaban J connectivity index is 1.48. The zero-order valence-electron chi connectivity index (χ0n) is 23.4. The van der Waals surface area contributed by atoms with Crippen LogP contribution < -0.4 is 21.1 Å². The lowest BCUT2D eigenvalue weighted by Crippen LogP contribution is -2.36. The lowest BCUT2D eigenvalue weighted by atomic mass is 9.92. The number of rotatable bonds is 9. The first-order chi connectivity index (χ1) is 19.5. The fourth-order valence-electron chi connectivity index (χ4n) is 3.89. The topological polar surface area (TPSA) is 144 Å². The minimum atomic E-state index is -0.578. The highest BCUT2D eigenvalue weighted by Crippen LogP contribution is 2.27. The molecule has 2 aromatic carbocycles. The first-order valence-electron chi connectivity index (χ1n) is 13.0. The van der Waals surface area contributed by atoms with Gasteiger partial charge in [-0.25, -0.2) is 9.48 Å². The molecule has 4 aromatic rings. The quantitative estimate of drug-likeness (QED) is 0.270. The van der Waals surface area contributed by atoms with Gasteiger partial charge in [0.2, 0.25) is 11.8 Å². The Kier molecular flexibility index (Phi) is 8.66. The number of urea groups is 1. The highest BCUT2D eigenvalue weighted by atomic mass is 16.5. The number of ether oxygens (including phenoxy) is 1. The average Bonchev–Trinajstić information content (AvgIpc) is 3.34. The monoisotopic (exact) mass is 555 g/mol. The normalized spacial score (nSPS) is 11.0. The number of primary amides is 1. The van der Waals surface area contributed by atoms with E-state index in [1.165, 1.54) is 11.8 Å². The summed E-state index contributed by atoms with van der Waals surface area (Å²) in [6.07, 6.45) is 3.29. The lowest BCUT2D eigenvalue weighted by molar-refractivity contribution is -0.133. The summed E-state index contributed by atoms with van der Waals surface area (Å²) in [5.41, 5.74) is 7.91. The second-order valence-corrected chi connectivity index (χ2v) is 10.5. The Morgan fingerprint density at radius 3 is 2.15 bits per heavy atom. The van der Waals surface area contributed by atoms with Crippen LogP contribution in [0.1, 0.15) is 39.0 Å². The zero-order valence-corrected chi connectivity index (χ0v) is 23.4. The molecule has 41 heavy (non-hydrogen) atoms. The van der Waals surface area contributed by atoms with E-state index in [1.54, 1.807) is 53.5 Å². The predicted octanol–water partition coefficient (Wildman–Crippen LogP) is 4.83. The van der Waals surface area contributed by atoms with Gasteiger partial charge in [-0.2, -0.15) is 5.10 Å². The molecule has 0 saturated carbocycles. The molecule has 212 valence electrons. The van der Waals surface area contributed by atoms with E-state index in [9.17, 15) is 14.4 Å². The SMILES string of the molecule is CC(=O)N(CC(N)=O)Cc1ccc(-n2nc(C(C)(C)C)cc2NC(=O)Nc2ccc(Oc3ccncc3)cc2)cc1. The molecule has 4 amide bonds. The maximum atomic E-state index is 13.0. The van der Waals surface area contributed by atoms with Crippen molar-refractivity contribution in [3.05, 3.63) is 90.4 Å². The van der Waals surface area contributed by atoms with Crippen LogP contribution in [0.2, 0.25) is 0 Å². The zero-order chi connectivity index (χ0) is 29.6. The summed E-state index contributed by atoms with van der Waals surface area (Å²) < 4.78 is 7.43. The maximum absolute atomic E-state index is 13.0. The molecule has 0 spiro atoms. The number of aromatic nitrogens is 3. The van der Waals surface area contributed by atoms with Crippen molar-refractivity contribution in [1.82, 2.24) is 19.7 Å². The van der Waals surface area contributed by atoms with Gasteiger partial charge in [-0.1, -0.05) is 32.9 Å². The molecule has 4 rings (SSSR count). The van der Waals surface area contributed by atoms with Gasteiger partial charge in [0.1, 0.15) is 17.3 Å². The first kappa shape index (κ1) is 28.8. The predicted molar refractivity (Wildman–Crippen MR) is 156 cm³/mol. The van der Waals surface area contributed by atoms with Gasteiger partial charge in [-0.15, -0.1) is 0 Å². The molecule has 0 unspecified atom stereocenters. The number of carbonyl (C=O) groups is 3. The van der Waals surface area contributed by atoms with Crippen LogP contribution >= 0.6 is 0 Å². The van der Waals surface area contributed by atoms with Crippen LogP contribution in [0.3, 0.4) is 0 Å².